The first-order valence-electron chi connectivity index (χ1n) is 3.88. The lowest BCUT2D eigenvalue weighted by Gasteiger charge is -2.12. The smallest absolute Gasteiger partial charge is 0.110 e. The van der Waals surface area contributed by atoms with Crippen LogP contribution in [0.1, 0.15) is 16.9 Å². The maximum Gasteiger partial charge on any atom is 0.110 e. The Bertz CT molecular complexity index is 348. The van der Waals surface area contributed by atoms with Crippen LogP contribution in [0.5, 0.6) is 0 Å². The fourth-order valence-corrected chi connectivity index (χ4v) is 2.47. The third kappa shape index (κ3) is 0.942. The Balaban J connectivity index is 2.56. The van der Waals surface area contributed by atoms with Crippen LogP contribution in [0.3, 0.4) is 0 Å². The largest absolute Gasteiger partial charge is 0.389 e. The Morgan fingerprint density at radius 3 is 3.17 bits per heavy atom. The van der Waals surface area contributed by atoms with Gasteiger partial charge in [0.05, 0.1) is 5.69 Å². The second-order valence-corrected chi connectivity index (χ2v) is 3.92. The molecule has 2 rings (SSSR count). The molecular weight excluding hydrogens is 170 g/mol. The molecule has 0 atom stereocenters. The lowest BCUT2D eigenvalue weighted by atomic mass is 10.1. The summed E-state index contributed by atoms with van der Waals surface area (Å²) in [5.74, 6) is 0. The van der Waals surface area contributed by atoms with Gasteiger partial charge in [-0.05, 0) is 12.8 Å². The third-order valence-electron chi connectivity index (χ3n) is 2.00. The first kappa shape index (κ1) is 7.44. The van der Waals surface area contributed by atoms with Gasteiger partial charge in [0.1, 0.15) is 16.6 Å². The van der Waals surface area contributed by atoms with E-state index in [-0.39, 0.29) is 0 Å². The second-order valence-electron chi connectivity index (χ2n) is 2.78. The molecule has 0 aliphatic carbocycles. The van der Waals surface area contributed by atoms with Crippen LogP contribution in [0.15, 0.2) is 0 Å². The molecule has 0 saturated carbocycles. The molecule has 0 spiro atoms. The van der Waals surface area contributed by atoms with Gasteiger partial charge in [0.25, 0.3) is 0 Å². The number of aryl methyl sites for hydroxylation is 1. The summed E-state index contributed by atoms with van der Waals surface area (Å²) in [5, 5.41) is 12.7. The molecule has 0 fully saturated rings. The van der Waals surface area contributed by atoms with E-state index in [1.165, 1.54) is 16.2 Å². The average Bonchev–Trinajstić information content (AvgIpc) is 2.40. The van der Waals surface area contributed by atoms with E-state index in [1.807, 2.05) is 0 Å². The number of rotatable bonds is 0. The monoisotopic (exact) mass is 179 g/mol. The highest BCUT2D eigenvalue weighted by Gasteiger charge is 2.18. The summed E-state index contributed by atoms with van der Waals surface area (Å²) in [5.41, 5.74) is 7.30. The van der Waals surface area contributed by atoms with Gasteiger partial charge in [0.2, 0.25) is 0 Å². The molecule has 12 heavy (non-hydrogen) atoms. The van der Waals surface area contributed by atoms with Crippen molar-refractivity contribution < 1.29 is 0 Å². The van der Waals surface area contributed by atoms with Crippen LogP contribution in [0.25, 0.3) is 0 Å². The third-order valence-corrected chi connectivity index (χ3v) is 3.08. The number of nitrogens with one attached hydrogen (secondary N) is 1. The van der Waals surface area contributed by atoms with Gasteiger partial charge < -0.3 is 11.1 Å². The van der Waals surface area contributed by atoms with Gasteiger partial charge in [-0.15, -0.1) is 11.3 Å². The van der Waals surface area contributed by atoms with Gasteiger partial charge in [-0.2, -0.15) is 5.26 Å². The number of nitrogens with two attached hydrogens (primary N) is 1. The van der Waals surface area contributed by atoms with E-state index in [0.717, 1.165) is 25.1 Å². The summed E-state index contributed by atoms with van der Waals surface area (Å²) in [6, 6.07) is 2.13. The molecule has 0 radical (unpaired) electrons. The molecule has 2 heterocycles. The van der Waals surface area contributed by atoms with Gasteiger partial charge in [0.15, 0.2) is 0 Å². The zero-order valence-electron chi connectivity index (χ0n) is 6.55. The van der Waals surface area contributed by atoms with Crippen molar-refractivity contribution >= 4 is 22.0 Å². The summed E-state index contributed by atoms with van der Waals surface area (Å²) in [7, 11) is 0. The van der Waals surface area contributed by atoms with Crippen molar-refractivity contribution in [3.63, 3.8) is 0 Å². The number of hydrogen-bond acceptors (Lipinski definition) is 4. The highest BCUT2D eigenvalue weighted by Crippen LogP contribution is 2.37. The lowest BCUT2D eigenvalue weighted by Crippen LogP contribution is -2.10. The Morgan fingerprint density at radius 2 is 2.42 bits per heavy atom. The lowest BCUT2D eigenvalue weighted by molar-refractivity contribution is 0.845. The summed E-state index contributed by atoms with van der Waals surface area (Å²) < 4.78 is 0. The van der Waals surface area contributed by atoms with Crippen LogP contribution in [-0.2, 0) is 6.42 Å². The van der Waals surface area contributed by atoms with Crippen molar-refractivity contribution in [3.8, 4) is 6.07 Å². The fraction of sp³-hybridized carbons (Fsp3) is 0.375. The normalized spacial score (nSPS) is 14.6. The van der Waals surface area contributed by atoms with E-state index in [9.17, 15) is 0 Å². The van der Waals surface area contributed by atoms with Gasteiger partial charge in [-0.3, -0.25) is 0 Å². The van der Waals surface area contributed by atoms with Crippen LogP contribution < -0.4 is 11.1 Å². The highest BCUT2D eigenvalue weighted by molar-refractivity contribution is 7.16. The van der Waals surface area contributed by atoms with Crippen molar-refractivity contribution in [3.05, 3.63) is 10.4 Å². The molecule has 1 aromatic rings. The van der Waals surface area contributed by atoms with Crippen molar-refractivity contribution in [1.29, 1.82) is 5.26 Å². The number of nitrogen functional groups attached to an aromatic ring is 1. The molecule has 62 valence electrons. The second kappa shape index (κ2) is 2.68. The predicted octanol–water partition coefficient (Wildman–Crippen LogP) is 1.56. The minimum atomic E-state index is 0.634. The molecular formula is C8H9N3S. The average molecular weight is 179 g/mol. The molecule has 3 N–H and O–H groups in total. The molecule has 0 amide bonds. The van der Waals surface area contributed by atoms with Crippen LogP contribution in [0.2, 0.25) is 0 Å². The summed E-state index contributed by atoms with van der Waals surface area (Å²) >= 11 is 1.53. The van der Waals surface area contributed by atoms with E-state index < -0.39 is 0 Å². The first-order chi connectivity index (χ1) is 5.83. The molecule has 1 aliphatic heterocycles. The van der Waals surface area contributed by atoms with Crippen LogP contribution in [-0.4, -0.2) is 6.54 Å². The minimum absolute atomic E-state index is 0.634. The van der Waals surface area contributed by atoms with Gasteiger partial charge in [-0.1, -0.05) is 0 Å². The van der Waals surface area contributed by atoms with Crippen molar-refractivity contribution in [2.75, 3.05) is 17.6 Å². The SMILES string of the molecule is N#Cc1c(N)sc2c1NCCC2. The minimum Gasteiger partial charge on any atom is -0.389 e. The van der Waals surface area contributed by atoms with Crippen molar-refractivity contribution in [1.82, 2.24) is 0 Å². The van der Waals surface area contributed by atoms with E-state index in [2.05, 4.69) is 11.4 Å². The maximum absolute atomic E-state index is 8.80. The molecule has 0 aromatic carbocycles. The standard InChI is InChI=1S/C8H9N3S/c9-4-5-7-6(12-8(5)10)2-1-3-11-7/h11H,1-3,10H2. The van der Waals surface area contributed by atoms with E-state index in [1.54, 1.807) is 0 Å². The van der Waals surface area contributed by atoms with E-state index >= 15 is 0 Å². The molecule has 4 heteroatoms. The molecule has 1 aliphatic rings. The van der Waals surface area contributed by atoms with Crippen LogP contribution >= 0.6 is 11.3 Å². The van der Waals surface area contributed by atoms with E-state index in [0.29, 0.717) is 10.6 Å². The van der Waals surface area contributed by atoms with Gasteiger partial charge in [-0.25, -0.2) is 0 Å². The quantitative estimate of drug-likeness (QED) is 0.635. The molecule has 3 nitrogen and oxygen atoms in total. The number of fused-ring (bicyclic) bond motifs is 1. The van der Waals surface area contributed by atoms with Crippen molar-refractivity contribution in [2.45, 2.75) is 12.8 Å². The first-order valence-corrected chi connectivity index (χ1v) is 4.69. The predicted molar refractivity (Wildman–Crippen MR) is 50.3 cm³/mol. The Labute approximate surface area is 74.8 Å². The van der Waals surface area contributed by atoms with Gasteiger partial charge >= 0.3 is 0 Å². The van der Waals surface area contributed by atoms with Crippen molar-refractivity contribution in [2.24, 2.45) is 0 Å². The molecule has 0 saturated heterocycles. The fourth-order valence-electron chi connectivity index (χ4n) is 1.43. The van der Waals surface area contributed by atoms with Crippen LogP contribution in [0.4, 0.5) is 10.7 Å². The zero-order chi connectivity index (χ0) is 8.55. The topological polar surface area (TPSA) is 61.8 Å². The number of thiophene rings is 1. The summed E-state index contributed by atoms with van der Waals surface area (Å²) in [6.45, 7) is 0.956. The van der Waals surface area contributed by atoms with E-state index in [4.69, 9.17) is 11.0 Å². The number of nitrogens with zero attached hydrogens (tertiary/aromatic N) is 1. The zero-order valence-corrected chi connectivity index (χ0v) is 7.37. The number of hydrogen-bond donors (Lipinski definition) is 2. The molecule has 0 bridgehead atoms. The number of nitriles is 1. The highest BCUT2D eigenvalue weighted by atomic mass is 32.1. The Morgan fingerprint density at radius 1 is 1.58 bits per heavy atom. The summed E-state index contributed by atoms with van der Waals surface area (Å²) in [4.78, 5) is 1.23. The van der Waals surface area contributed by atoms with Gasteiger partial charge in [0, 0.05) is 11.4 Å². The Kier molecular flexibility index (Phi) is 1.66. The van der Waals surface area contributed by atoms with Crippen LogP contribution in [0, 0.1) is 11.3 Å². The Hall–Kier alpha value is -1.21. The maximum atomic E-state index is 8.80. The molecule has 1 aromatic heterocycles. The molecule has 0 unspecified atom stereocenters. The summed E-state index contributed by atoms with van der Waals surface area (Å²) in [6.07, 6.45) is 2.19. The number of anilines is 2.